The zero-order valence-corrected chi connectivity index (χ0v) is 32.6. The van der Waals surface area contributed by atoms with Crippen LogP contribution in [0.1, 0.15) is 74.5 Å². The van der Waals surface area contributed by atoms with Crippen LogP contribution in [0.2, 0.25) is 5.02 Å². The topological polar surface area (TPSA) is 141 Å². The summed E-state index contributed by atoms with van der Waals surface area (Å²) in [5, 5.41) is 13.1. The number of piperidine rings is 2. The average molecular weight is 795 g/mol. The lowest BCUT2D eigenvalue weighted by Crippen LogP contribution is -2.54. The van der Waals surface area contributed by atoms with E-state index in [0.717, 1.165) is 117 Å². The number of benzene rings is 2. The first-order valence-corrected chi connectivity index (χ1v) is 20.7. The molecular weight excluding hydrogens is 752 g/mol. The van der Waals surface area contributed by atoms with Crippen molar-refractivity contribution in [2.24, 2.45) is 5.41 Å². The molecule has 3 aromatic rings. The van der Waals surface area contributed by atoms with E-state index >= 15 is 0 Å². The molecule has 1 spiro atoms. The molecule has 13 nitrogen and oxygen atoms in total. The minimum atomic E-state index is -0.988. The molecule has 2 atom stereocenters. The molecule has 6 aliphatic heterocycles. The number of imide groups is 2. The van der Waals surface area contributed by atoms with Crippen LogP contribution >= 0.6 is 22.9 Å². The van der Waals surface area contributed by atoms with Gasteiger partial charge in [-0.25, -0.2) is 0 Å². The van der Waals surface area contributed by atoms with Crippen molar-refractivity contribution in [1.29, 1.82) is 5.26 Å². The second kappa shape index (κ2) is 14.5. The lowest BCUT2D eigenvalue weighted by atomic mass is 9.77. The Morgan fingerprint density at radius 2 is 1.64 bits per heavy atom. The number of nitrogens with zero attached hydrogens (tertiary/aromatic N) is 7. The van der Waals surface area contributed by atoms with Crippen LogP contribution in [0.4, 0.5) is 16.4 Å². The normalized spacial score (nSPS) is 24.0. The van der Waals surface area contributed by atoms with Crippen LogP contribution in [0, 0.1) is 16.7 Å². The Morgan fingerprint density at radius 3 is 2.39 bits per heavy atom. The van der Waals surface area contributed by atoms with Gasteiger partial charge in [0, 0.05) is 83.6 Å². The van der Waals surface area contributed by atoms with Gasteiger partial charge in [0.25, 0.3) is 17.7 Å². The van der Waals surface area contributed by atoms with E-state index in [1.165, 1.54) is 0 Å². The number of anilines is 3. The molecule has 1 aromatic heterocycles. The molecule has 1 N–H and O–H groups in total. The van der Waals surface area contributed by atoms with E-state index in [-0.39, 0.29) is 24.2 Å². The van der Waals surface area contributed by atoms with E-state index in [0.29, 0.717) is 27.8 Å². The first-order valence-electron chi connectivity index (χ1n) is 19.5. The van der Waals surface area contributed by atoms with Crippen LogP contribution in [0.5, 0.6) is 0 Å². The molecule has 2 unspecified atom stereocenters. The SMILES string of the molecule is N#Cc1ccc(N2CCC3(CCN(C(=O)c4ccc(N5CCN(C6CCN(c7cccc8c7C(=O)N(C7CCC(=O)NC7=O)C8=O)C6)CC5)s4)CC3)C2)cc1Cl. The summed E-state index contributed by atoms with van der Waals surface area (Å²) in [5.41, 5.74) is 3.09. The molecule has 0 bridgehead atoms. The first kappa shape index (κ1) is 36.7. The van der Waals surface area contributed by atoms with Gasteiger partial charge in [-0.3, -0.25) is 39.1 Å². The first-order chi connectivity index (χ1) is 27.1. The summed E-state index contributed by atoms with van der Waals surface area (Å²) in [6.07, 6.45) is 4.17. The molecule has 0 radical (unpaired) electrons. The largest absolute Gasteiger partial charge is 0.371 e. The number of hydrogen-bond donors (Lipinski definition) is 1. The summed E-state index contributed by atoms with van der Waals surface area (Å²) in [6, 6.07) is 16.5. The van der Waals surface area contributed by atoms with Crippen molar-refractivity contribution in [2.75, 3.05) is 80.1 Å². The maximum absolute atomic E-state index is 13.7. The maximum atomic E-state index is 13.7. The number of thiophene rings is 1. The van der Waals surface area contributed by atoms with Gasteiger partial charge in [0.15, 0.2) is 0 Å². The van der Waals surface area contributed by atoms with Crippen molar-refractivity contribution in [3.05, 3.63) is 75.1 Å². The van der Waals surface area contributed by atoms with Crippen molar-refractivity contribution in [3.63, 3.8) is 0 Å². The van der Waals surface area contributed by atoms with E-state index in [4.69, 9.17) is 11.6 Å². The van der Waals surface area contributed by atoms with E-state index in [9.17, 15) is 29.2 Å². The van der Waals surface area contributed by atoms with Gasteiger partial charge < -0.3 is 19.6 Å². The predicted octanol–water partition coefficient (Wildman–Crippen LogP) is 4.21. The van der Waals surface area contributed by atoms with Crippen LogP contribution in [0.15, 0.2) is 48.5 Å². The van der Waals surface area contributed by atoms with E-state index in [1.807, 2.05) is 29.2 Å². The number of halogens is 1. The van der Waals surface area contributed by atoms with Crippen LogP contribution in [-0.4, -0.2) is 122 Å². The molecule has 9 rings (SSSR count). The fourth-order valence-electron chi connectivity index (χ4n) is 9.63. The number of amides is 5. The second-order valence-corrected chi connectivity index (χ2v) is 17.4. The van der Waals surface area contributed by atoms with Gasteiger partial charge in [-0.15, -0.1) is 11.3 Å². The minimum Gasteiger partial charge on any atom is -0.371 e. The highest BCUT2D eigenvalue weighted by molar-refractivity contribution is 7.18. The summed E-state index contributed by atoms with van der Waals surface area (Å²) >= 11 is 7.90. The number of fused-ring (bicyclic) bond motifs is 1. The monoisotopic (exact) mass is 794 g/mol. The standard InChI is InChI=1S/C41H43ClN8O5S/c42-30-22-27(5-4-26(30)23-43)49-17-13-41(25-49)11-15-47(16-12-41)39(54)33-7-9-35(56-33)46-20-18-45(19-21-46)28-10-14-48(24-28)31-3-1-2-29-36(31)40(55)50(38(29)53)32-6-8-34(51)44-37(32)52/h1-5,7,9,22,28,32H,6,8,10-21,24-25H2,(H,44,51,52). The smallest absolute Gasteiger partial charge is 0.264 e. The number of carbonyl (C=O) groups excluding carboxylic acids is 5. The molecule has 7 heterocycles. The number of piperazine rings is 1. The number of nitrogens with one attached hydrogen (secondary N) is 1. The molecule has 0 aliphatic carbocycles. The quantitative estimate of drug-likeness (QED) is 0.361. The minimum absolute atomic E-state index is 0.0866. The maximum Gasteiger partial charge on any atom is 0.264 e. The van der Waals surface area contributed by atoms with E-state index in [1.54, 1.807) is 29.5 Å². The van der Waals surface area contributed by atoms with Gasteiger partial charge in [0.1, 0.15) is 12.1 Å². The van der Waals surface area contributed by atoms with Gasteiger partial charge in [0.05, 0.1) is 37.3 Å². The molecule has 5 fully saturated rings. The van der Waals surface area contributed by atoms with Crippen LogP contribution < -0.4 is 20.0 Å². The zero-order chi connectivity index (χ0) is 38.7. The fourth-order valence-corrected chi connectivity index (χ4v) is 10.9. The lowest BCUT2D eigenvalue weighted by Gasteiger charge is -2.39. The molecule has 2 aromatic carbocycles. The Labute approximate surface area is 334 Å². The Kier molecular flexibility index (Phi) is 9.50. The summed E-state index contributed by atoms with van der Waals surface area (Å²) in [5.74, 6) is -1.85. The van der Waals surface area contributed by atoms with Crippen molar-refractivity contribution < 1.29 is 24.0 Å². The van der Waals surface area contributed by atoms with Crippen molar-refractivity contribution in [1.82, 2.24) is 20.0 Å². The van der Waals surface area contributed by atoms with Gasteiger partial charge in [-0.05, 0) is 80.0 Å². The highest BCUT2D eigenvalue weighted by Crippen LogP contribution is 2.43. The number of hydrogen-bond acceptors (Lipinski definition) is 11. The zero-order valence-electron chi connectivity index (χ0n) is 31.0. The predicted molar refractivity (Wildman–Crippen MR) is 212 cm³/mol. The highest BCUT2D eigenvalue weighted by atomic mass is 35.5. The van der Waals surface area contributed by atoms with Gasteiger partial charge in [-0.2, -0.15) is 5.26 Å². The van der Waals surface area contributed by atoms with Crippen molar-refractivity contribution in [3.8, 4) is 6.07 Å². The number of nitriles is 1. The molecule has 15 heteroatoms. The number of carbonyl (C=O) groups is 5. The Bertz CT molecular complexity index is 2170. The van der Waals surface area contributed by atoms with Crippen LogP contribution in [-0.2, 0) is 9.59 Å². The molecule has 56 heavy (non-hydrogen) atoms. The average Bonchev–Trinajstić information content (AvgIpc) is 4.03. The van der Waals surface area contributed by atoms with E-state index in [2.05, 4.69) is 37.1 Å². The Morgan fingerprint density at radius 1 is 0.857 bits per heavy atom. The molecule has 5 amide bonds. The highest BCUT2D eigenvalue weighted by Gasteiger charge is 2.47. The van der Waals surface area contributed by atoms with Crippen molar-refractivity contribution in [2.45, 2.75) is 50.6 Å². The van der Waals surface area contributed by atoms with E-state index < -0.39 is 29.7 Å². The summed E-state index contributed by atoms with van der Waals surface area (Å²) < 4.78 is 0. The third-order valence-corrected chi connectivity index (χ3v) is 14.3. The Hall–Kier alpha value is -4.97. The molecule has 6 aliphatic rings. The molecule has 5 saturated heterocycles. The Balaban J connectivity index is 0.771. The van der Waals surface area contributed by atoms with Gasteiger partial charge in [-0.1, -0.05) is 17.7 Å². The summed E-state index contributed by atoms with van der Waals surface area (Å²) in [6.45, 7) is 8.33. The van der Waals surface area contributed by atoms with Crippen LogP contribution in [0.3, 0.4) is 0 Å². The molecule has 290 valence electrons. The van der Waals surface area contributed by atoms with Crippen molar-refractivity contribution >= 4 is 68.8 Å². The lowest BCUT2D eigenvalue weighted by molar-refractivity contribution is -0.136. The molecular formula is C41H43ClN8O5S. The second-order valence-electron chi connectivity index (χ2n) is 15.9. The summed E-state index contributed by atoms with van der Waals surface area (Å²) in [4.78, 5) is 78.3. The third-order valence-electron chi connectivity index (χ3n) is 12.9. The molecule has 0 saturated carbocycles. The van der Waals surface area contributed by atoms with Crippen LogP contribution in [0.25, 0.3) is 0 Å². The third kappa shape index (κ3) is 6.49. The number of rotatable bonds is 6. The summed E-state index contributed by atoms with van der Waals surface area (Å²) in [7, 11) is 0. The number of likely N-dealkylation sites (tertiary alicyclic amines) is 1. The van der Waals surface area contributed by atoms with Gasteiger partial charge in [0.2, 0.25) is 11.8 Å². The fraction of sp³-hybridized carbons (Fsp3) is 0.463. The van der Waals surface area contributed by atoms with Gasteiger partial charge >= 0.3 is 0 Å².